The van der Waals surface area contributed by atoms with Crippen molar-refractivity contribution in [1.82, 2.24) is 4.90 Å². The van der Waals surface area contributed by atoms with Crippen LogP contribution in [0, 0.1) is 13.8 Å². The topological polar surface area (TPSA) is 49.4 Å². The van der Waals surface area contributed by atoms with Crippen molar-refractivity contribution in [2.24, 2.45) is 0 Å². The van der Waals surface area contributed by atoms with Gasteiger partial charge in [0.05, 0.1) is 12.1 Å². The predicted molar refractivity (Wildman–Crippen MR) is 120 cm³/mol. The highest BCUT2D eigenvalue weighted by Crippen LogP contribution is 2.32. The maximum absolute atomic E-state index is 13.3. The third kappa shape index (κ3) is 3.87. The molecular formula is C25H21ClN2O2. The van der Waals surface area contributed by atoms with Gasteiger partial charge in [0.15, 0.2) is 0 Å². The van der Waals surface area contributed by atoms with Crippen LogP contribution in [0.2, 0.25) is 5.02 Å². The van der Waals surface area contributed by atoms with Gasteiger partial charge in [-0.15, -0.1) is 0 Å². The van der Waals surface area contributed by atoms with Crippen molar-refractivity contribution >= 4 is 34.7 Å². The number of aryl methyl sites for hydroxylation is 2. The molecule has 0 aliphatic carbocycles. The standard InChI is InChI=1S/C25H21ClN2O2/c1-16-8-11-19(12-9-16)22-23(27-20-13-10-17(2)21(26)14-20)25(30)28(24(22)29)15-18-6-4-3-5-7-18/h3-14,27H,15H2,1-2H3. The van der Waals surface area contributed by atoms with Crippen LogP contribution in [0.3, 0.4) is 0 Å². The summed E-state index contributed by atoms with van der Waals surface area (Å²) >= 11 is 6.25. The fourth-order valence-corrected chi connectivity index (χ4v) is 3.59. The van der Waals surface area contributed by atoms with Crippen LogP contribution in [-0.2, 0) is 16.1 Å². The first-order valence-electron chi connectivity index (χ1n) is 9.68. The third-order valence-corrected chi connectivity index (χ3v) is 5.54. The Morgan fingerprint density at radius 1 is 0.867 bits per heavy atom. The molecule has 3 aromatic carbocycles. The van der Waals surface area contributed by atoms with E-state index in [0.717, 1.165) is 16.7 Å². The molecule has 30 heavy (non-hydrogen) atoms. The second-order valence-electron chi connectivity index (χ2n) is 7.39. The smallest absolute Gasteiger partial charge is 0.278 e. The SMILES string of the molecule is Cc1ccc(C2=C(Nc3ccc(C)c(Cl)c3)C(=O)N(Cc3ccccc3)C2=O)cc1. The number of hydrogen-bond donors (Lipinski definition) is 1. The molecule has 3 aromatic rings. The zero-order valence-electron chi connectivity index (χ0n) is 16.8. The molecule has 0 spiro atoms. The van der Waals surface area contributed by atoms with Crippen molar-refractivity contribution in [2.75, 3.05) is 5.32 Å². The zero-order valence-corrected chi connectivity index (χ0v) is 17.5. The number of nitrogens with zero attached hydrogens (tertiary/aromatic N) is 1. The van der Waals surface area contributed by atoms with E-state index < -0.39 is 0 Å². The second-order valence-corrected chi connectivity index (χ2v) is 7.79. The van der Waals surface area contributed by atoms with Gasteiger partial charge in [-0.3, -0.25) is 14.5 Å². The Morgan fingerprint density at radius 3 is 2.23 bits per heavy atom. The summed E-state index contributed by atoms with van der Waals surface area (Å²) in [5.74, 6) is -0.662. The van der Waals surface area contributed by atoms with Crippen molar-refractivity contribution in [2.45, 2.75) is 20.4 Å². The second kappa shape index (κ2) is 8.17. The van der Waals surface area contributed by atoms with Gasteiger partial charge in [-0.25, -0.2) is 0 Å². The largest absolute Gasteiger partial charge is 0.350 e. The van der Waals surface area contributed by atoms with Crippen LogP contribution in [0.4, 0.5) is 5.69 Å². The zero-order chi connectivity index (χ0) is 21.3. The van der Waals surface area contributed by atoms with Crippen LogP contribution in [0.25, 0.3) is 5.57 Å². The lowest BCUT2D eigenvalue weighted by atomic mass is 10.0. The summed E-state index contributed by atoms with van der Waals surface area (Å²) in [7, 11) is 0. The highest BCUT2D eigenvalue weighted by Gasteiger charge is 2.39. The number of imide groups is 1. The van der Waals surface area contributed by atoms with Crippen molar-refractivity contribution in [3.63, 3.8) is 0 Å². The molecule has 0 fully saturated rings. The summed E-state index contributed by atoms with van der Waals surface area (Å²) in [6.45, 7) is 4.11. The van der Waals surface area contributed by atoms with E-state index in [2.05, 4.69) is 5.32 Å². The molecule has 0 bridgehead atoms. The molecule has 4 rings (SSSR count). The van der Waals surface area contributed by atoms with Crippen molar-refractivity contribution in [3.8, 4) is 0 Å². The van der Waals surface area contributed by atoms with Crippen LogP contribution in [-0.4, -0.2) is 16.7 Å². The molecule has 150 valence electrons. The van der Waals surface area contributed by atoms with Crippen molar-refractivity contribution in [3.05, 3.63) is 106 Å². The molecular weight excluding hydrogens is 396 g/mol. The minimum Gasteiger partial charge on any atom is -0.350 e. The molecule has 1 N–H and O–H groups in total. The lowest BCUT2D eigenvalue weighted by molar-refractivity contribution is -0.137. The van der Waals surface area contributed by atoms with E-state index in [1.807, 2.05) is 80.6 Å². The minimum atomic E-state index is -0.351. The number of hydrogen-bond acceptors (Lipinski definition) is 3. The first kappa shape index (κ1) is 19.9. The molecule has 4 nitrogen and oxygen atoms in total. The van der Waals surface area contributed by atoms with Crippen LogP contribution < -0.4 is 5.32 Å². The maximum atomic E-state index is 13.3. The summed E-state index contributed by atoms with van der Waals surface area (Å²) in [6, 6.07) is 22.6. The molecule has 0 aromatic heterocycles. The van der Waals surface area contributed by atoms with E-state index in [9.17, 15) is 9.59 Å². The Morgan fingerprint density at radius 2 is 1.57 bits per heavy atom. The predicted octanol–water partition coefficient (Wildman–Crippen LogP) is 5.35. The Hall–Kier alpha value is -3.37. The molecule has 2 amide bonds. The third-order valence-electron chi connectivity index (χ3n) is 5.13. The summed E-state index contributed by atoms with van der Waals surface area (Å²) in [6.07, 6.45) is 0. The molecule has 0 saturated heterocycles. The minimum absolute atomic E-state index is 0.216. The van der Waals surface area contributed by atoms with Crippen molar-refractivity contribution < 1.29 is 9.59 Å². The highest BCUT2D eigenvalue weighted by molar-refractivity contribution is 6.36. The van der Waals surface area contributed by atoms with Crippen LogP contribution in [0.5, 0.6) is 0 Å². The Labute approximate surface area is 180 Å². The van der Waals surface area contributed by atoms with Crippen LogP contribution in [0.15, 0.2) is 78.5 Å². The number of amides is 2. The number of carbonyl (C=O) groups is 2. The average molecular weight is 417 g/mol. The fraction of sp³-hybridized carbons (Fsp3) is 0.120. The fourth-order valence-electron chi connectivity index (χ4n) is 3.40. The maximum Gasteiger partial charge on any atom is 0.278 e. The number of benzene rings is 3. The first-order valence-corrected chi connectivity index (χ1v) is 10.1. The summed E-state index contributed by atoms with van der Waals surface area (Å²) in [4.78, 5) is 27.9. The highest BCUT2D eigenvalue weighted by atomic mass is 35.5. The van der Waals surface area contributed by atoms with Gasteiger partial charge in [0.2, 0.25) is 0 Å². The Kier molecular flexibility index (Phi) is 5.42. The molecule has 1 aliphatic heterocycles. The number of carbonyl (C=O) groups excluding carboxylic acids is 2. The van der Waals surface area contributed by atoms with Gasteiger partial charge in [-0.2, -0.15) is 0 Å². The average Bonchev–Trinajstić information content (AvgIpc) is 2.96. The molecule has 1 heterocycles. The first-order chi connectivity index (χ1) is 14.4. The van der Waals surface area contributed by atoms with Crippen LogP contribution >= 0.6 is 11.6 Å². The number of rotatable bonds is 5. The van der Waals surface area contributed by atoms with Gasteiger partial charge < -0.3 is 5.32 Å². The molecule has 0 atom stereocenters. The van der Waals surface area contributed by atoms with Gasteiger partial charge in [-0.1, -0.05) is 77.8 Å². The van der Waals surface area contributed by atoms with Gasteiger partial charge in [0, 0.05) is 10.7 Å². The lowest BCUT2D eigenvalue weighted by Gasteiger charge is -2.15. The Bertz CT molecular complexity index is 1150. The molecule has 0 unspecified atom stereocenters. The quantitative estimate of drug-likeness (QED) is 0.570. The Balaban J connectivity index is 1.75. The summed E-state index contributed by atoms with van der Waals surface area (Å²) in [5.41, 5.74) is 4.91. The van der Waals surface area contributed by atoms with E-state index in [0.29, 0.717) is 21.8 Å². The van der Waals surface area contributed by atoms with E-state index in [-0.39, 0.29) is 24.1 Å². The van der Waals surface area contributed by atoms with E-state index in [4.69, 9.17) is 11.6 Å². The summed E-state index contributed by atoms with van der Waals surface area (Å²) in [5, 5.41) is 3.74. The number of anilines is 1. The molecule has 0 saturated carbocycles. The van der Waals surface area contributed by atoms with E-state index in [1.165, 1.54) is 4.90 Å². The molecule has 5 heteroatoms. The monoisotopic (exact) mass is 416 g/mol. The van der Waals surface area contributed by atoms with Gasteiger partial charge >= 0.3 is 0 Å². The number of nitrogens with one attached hydrogen (secondary N) is 1. The molecule has 1 aliphatic rings. The van der Waals surface area contributed by atoms with Crippen molar-refractivity contribution in [1.29, 1.82) is 0 Å². The van der Waals surface area contributed by atoms with Gasteiger partial charge in [0.25, 0.3) is 11.8 Å². The normalized spacial score (nSPS) is 13.9. The molecule has 0 radical (unpaired) electrons. The number of halogens is 1. The van der Waals surface area contributed by atoms with Crippen LogP contribution in [0.1, 0.15) is 22.3 Å². The van der Waals surface area contributed by atoms with E-state index in [1.54, 1.807) is 6.07 Å². The summed E-state index contributed by atoms with van der Waals surface area (Å²) < 4.78 is 0. The lowest BCUT2D eigenvalue weighted by Crippen LogP contribution is -2.31. The van der Waals surface area contributed by atoms with Gasteiger partial charge in [0.1, 0.15) is 5.70 Å². The van der Waals surface area contributed by atoms with E-state index >= 15 is 0 Å². The van der Waals surface area contributed by atoms with Gasteiger partial charge in [-0.05, 0) is 42.7 Å².